The number of hydrogen-bond donors (Lipinski definition) is 5. The van der Waals surface area contributed by atoms with E-state index in [0.29, 0.717) is 66.4 Å². The van der Waals surface area contributed by atoms with E-state index in [-0.39, 0.29) is 29.3 Å². The number of nitrogens with zero attached hydrogens (tertiary/aromatic N) is 2. The van der Waals surface area contributed by atoms with Crippen LogP contribution in [-0.2, 0) is 27.2 Å². The lowest BCUT2D eigenvalue weighted by atomic mass is 9.83. The summed E-state index contributed by atoms with van der Waals surface area (Å²) in [4.78, 5) is 49.9. The summed E-state index contributed by atoms with van der Waals surface area (Å²) in [6.45, 7) is 0. The van der Waals surface area contributed by atoms with Crippen molar-refractivity contribution in [1.29, 1.82) is 0 Å². The number of aromatic amines is 1. The number of pyridine rings is 1. The number of imidazole rings is 1. The minimum Gasteiger partial charge on any atom is -0.453 e. The number of H-pyrrole nitrogens is 1. The Morgan fingerprint density at radius 2 is 2.05 bits per heavy atom. The van der Waals surface area contributed by atoms with E-state index in [1.165, 1.54) is 7.11 Å². The molecule has 1 aliphatic heterocycles. The lowest BCUT2D eigenvalue weighted by molar-refractivity contribution is -0.126. The number of halogens is 1. The molecule has 11 nitrogen and oxygen atoms in total. The van der Waals surface area contributed by atoms with Gasteiger partial charge >= 0.3 is 6.09 Å². The Bertz CT molecular complexity index is 1490. The maximum Gasteiger partial charge on any atom is 0.411 e. The maximum absolute atomic E-state index is 13.4. The predicted molar refractivity (Wildman–Crippen MR) is 152 cm³/mol. The second-order valence-electron chi connectivity index (χ2n) is 9.79. The Hall–Kier alpha value is -4.38. The van der Waals surface area contributed by atoms with Crippen LogP contribution in [0.2, 0.25) is 5.15 Å². The van der Waals surface area contributed by atoms with Gasteiger partial charge in [0.15, 0.2) is 0 Å². The van der Waals surface area contributed by atoms with Gasteiger partial charge in [-0.15, -0.1) is 0 Å². The molecule has 0 spiro atoms. The number of carbonyl (C=O) groups excluding carboxylic acids is 3. The highest BCUT2D eigenvalue weighted by Gasteiger charge is 2.29. The number of allylic oxidation sites excluding steroid dienone is 1. The summed E-state index contributed by atoms with van der Waals surface area (Å²) in [6, 6.07) is 6.44. The highest BCUT2D eigenvalue weighted by molar-refractivity contribution is 6.32. The van der Waals surface area contributed by atoms with Crippen molar-refractivity contribution in [3.63, 3.8) is 0 Å². The first-order chi connectivity index (χ1) is 19.3. The minimum absolute atomic E-state index is 0.0754. The number of hydrogen-bond acceptors (Lipinski definition) is 7. The van der Waals surface area contributed by atoms with Crippen molar-refractivity contribution in [2.75, 3.05) is 23.5 Å². The molecule has 0 saturated heterocycles. The molecule has 1 unspecified atom stereocenters. The molecule has 3 amide bonds. The Morgan fingerprint density at radius 3 is 2.88 bits per heavy atom. The second kappa shape index (κ2) is 11.8. The fourth-order valence-corrected chi connectivity index (χ4v) is 5.30. The third-order valence-corrected chi connectivity index (χ3v) is 7.42. The number of nitrogens with two attached hydrogens (primary N) is 1. The quantitative estimate of drug-likeness (QED) is 0.292. The van der Waals surface area contributed by atoms with Gasteiger partial charge < -0.3 is 26.1 Å². The third kappa shape index (κ3) is 5.94. The van der Waals surface area contributed by atoms with Crippen LogP contribution in [0.4, 0.5) is 22.0 Å². The summed E-state index contributed by atoms with van der Waals surface area (Å²) in [5.41, 5.74) is 9.92. The molecule has 2 aliphatic rings. The number of anilines is 3. The average Bonchev–Trinajstić information content (AvgIpc) is 3.33. The number of nitrogen functional groups attached to an aromatic ring is 1. The predicted octanol–water partition coefficient (Wildman–Crippen LogP) is 4.53. The van der Waals surface area contributed by atoms with Gasteiger partial charge in [0, 0.05) is 29.8 Å². The number of rotatable bonds is 3. The molecule has 40 heavy (non-hydrogen) atoms. The van der Waals surface area contributed by atoms with Gasteiger partial charge in [0.05, 0.1) is 18.8 Å². The molecule has 5 rings (SSSR count). The molecule has 208 valence electrons. The average molecular weight is 564 g/mol. The van der Waals surface area contributed by atoms with Crippen molar-refractivity contribution in [3.05, 3.63) is 64.7 Å². The Morgan fingerprint density at radius 1 is 1.20 bits per heavy atom. The van der Waals surface area contributed by atoms with E-state index in [9.17, 15) is 14.4 Å². The van der Waals surface area contributed by atoms with Crippen molar-refractivity contribution >= 4 is 46.7 Å². The first-order valence-electron chi connectivity index (χ1n) is 13.0. The monoisotopic (exact) mass is 563 g/mol. The minimum atomic E-state index is -0.638. The zero-order chi connectivity index (χ0) is 28.2. The molecule has 1 aliphatic carbocycles. The normalized spacial score (nSPS) is 19.4. The van der Waals surface area contributed by atoms with Crippen molar-refractivity contribution in [3.8, 4) is 11.3 Å². The van der Waals surface area contributed by atoms with Gasteiger partial charge in [0.1, 0.15) is 22.5 Å². The number of ether oxygens (including phenoxy) is 1. The topological polar surface area (TPSA) is 164 Å². The molecule has 1 aromatic carbocycles. The fraction of sp³-hybridized carbons (Fsp3) is 0.321. The van der Waals surface area contributed by atoms with Crippen molar-refractivity contribution in [1.82, 2.24) is 20.3 Å². The molecule has 2 bridgehead atoms. The molecular formula is C28H30ClN7O4. The molecular weight excluding hydrogens is 534 g/mol. The smallest absolute Gasteiger partial charge is 0.411 e. The molecule has 3 heterocycles. The standard InChI is InChI=1S/C28H30ClN7O4/c1-40-28(39)32-17-8-10-19-21(14-17)33-22(37)6-4-2-3-5-20(26-35-23(19)24(29)36-26)34-27(38)16-7-9-18-15(13-16)11-12-31-25(18)30/h2-3,8,10-12,14,16,20H,4-7,9,13H2,1H3,(H2,30,31)(H,32,39)(H,33,37)(H,34,38)(H,35,36)/b3-2-/t16?,20-/m0/s1. The second-order valence-corrected chi connectivity index (χ2v) is 10.2. The van der Waals surface area contributed by atoms with Crippen molar-refractivity contribution < 1.29 is 19.1 Å². The van der Waals surface area contributed by atoms with Gasteiger partial charge in [-0.1, -0.05) is 23.8 Å². The van der Waals surface area contributed by atoms with Crippen LogP contribution in [0.1, 0.15) is 48.7 Å². The molecule has 6 N–H and O–H groups in total. The SMILES string of the molecule is COC(=O)Nc1ccc2c(c1)NC(=O)CC/C=C\C[C@H](NC(=O)C1CCc3c(ccnc3N)C1)c1nc-2c(Cl)[nH]1. The Labute approximate surface area is 235 Å². The number of carbonyl (C=O) groups is 3. The number of aromatic nitrogens is 3. The van der Waals surface area contributed by atoms with Crippen LogP contribution in [0.15, 0.2) is 42.6 Å². The lowest BCUT2D eigenvalue weighted by Gasteiger charge is -2.26. The number of nitrogens with one attached hydrogen (secondary N) is 4. The van der Waals surface area contributed by atoms with Crippen LogP contribution in [0, 0.1) is 5.92 Å². The van der Waals surface area contributed by atoms with E-state index in [1.807, 2.05) is 18.2 Å². The number of methoxy groups -OCH3 is 1. The molecule has 2 atom stereocenters. The Kier molecular flexibility index (Phi) is 8.01. The van der Waals surface area contributed by atoms with Crippen LogP contribution in [0.25, 0.3) is 11.3 Å². The lowest BCUT2D eigenvalue weighted by Crippen LogP contribution is -2.37. The van der Waals surface area contributed by atoms with Gasteiger partial charge in [0.25, 0.3) is 0 Å². The van der Waals surface area contributed by atoms with Crippen LogP contribution in [0.3, 0.4) is 0 Å². The highest BCUT2D eigenvalue weighted by atomic mass is 35.5. The Balaban J connectivity index is 1.43. The zero-order valence-electron chi connectivity index (χ0n) is 21.9. The zero-order valence-corrected chi connectivity index (χ0v) is 22.7. The molecule has 3 aromatic rings. The number of fused-ring (bicyclic) bond motifs is 5. The first kappa shape index (κ1) is 27.2. The van der Waals surface area contributed by atoms with Gasteiger partial charge in [-0.25, -0.2) is 14.8 Å². The van der Waals surface area contributed by atoms with Crippen LogP contribution in [-0.4, -0.2) is 40.0 Å². The first-order valence-corrected chi connectivity index (χ1v) is 13.4. The van der Waals surface area contributed by atoms with E-state index in [1.54, 1.807) is 24.4 Å². The maximum atomic E-state index is 13.4. The van der Waals surface area contributed by atoms with E-state index in [4.69, 9.17) is 22.3 Å². The van der Waals surface area contributed by atoms with E-state index in [2.05, 4.69) is 30.7 Å². The molecule has 0 fully saturated rings. The van der Waals surface area contributed by atoms with Crippen molar-refractivity contribution in [2.45, 2.75) is 44.6 Å². The van der Waals surface area contributed by atoms with Crippen LogP contribution < -0.4 is 21.7 Å². The third-order valence-electron chi connectivity index (χ3n) is 7.15. The van der Waals surface area contributed by atoms with Gasteiger partial charge in [-0.05, 0) is 67.5 Å². The summed E-state index contributed by atoms with van der Waals surface area (Å²) in [5, 5.41) is 8.91. The van der Waals surface area contributed by atoms with E-state index < -0.39 is 12.1 Å². The summed E-state index contributed by atoms with van der Waals surface area (Å²) in [5.74, 6) is 0.530. The summed E-state index contributed by atoms with van der Waals surface area (Å²) >= 11 is 6.61. The summed E-state index contributed by atoms with van der Waals surface area (Å²) in [7, 11) is 1.27. The molecule has 12 heteroatoms. The summed E-state index contributed by atoms with van der Waals surface area (Å²) < 4.78 is 4.67. The van der Waals surface area contributed by atoms with Gasteiger partial charge in [-0.2, -0.15) is 0 Å². The fourth-order valence-electron chi connectivity index (χ4n) is 5.06. The van der Waals surface area contributed by atoms with Crippen molar-refractivity contribution in [2.24, 2.45) is 5.92 Å². The molecule has 0 radical (unpaired) electrons. The molecule has 0 saturated carbocycles. The summed E-state index contributed by atoms with van der Waals surface area (Å²) in [6.07, 6.45) is 8.05. The number of benzene rings is 1. The van der Waals surface area contributed by atoms with E-state index in [0.717, 1.165) is 11.1 Å². The van der Waals surface area contributed by atoms with Gasteiger partial charge in [-0.3, -0.25) is 14.9 Å². The largest absolute Gasteiger partial charge is 0.453 e. The van der Waals surface area contributed by atoms with Crippen LogP contribution in [0.5, 0.6) is 0 Å². The van der Waals surface area contributed by atoms with Crippen LogP contribution >= 0.6 is 11.6 Å². The number of amides is 3. The van der Waals surface area contributed by atoms with Gasteiger partial charge in [0.2, 0.25) is 11.8 Å². The van der Waals surface area contributed by atoms with E-state index >= 15 is 0 Å². The molecule has 2 aromatic heterocycles. The highest BCUT2D eigenvalue weighted by Crippen LogP contribution is 2.36.